The second-order valence-corrected chi connectivity index (χ2v) is 8.52. The van der Waals surface area contributed by atoms with Gasteiger partial charge in [-0.25, -0.2) is 4.39 Å². The van der Waals surface area contributed by atoms with Crippen LogP contribution >= 0.6 is 24.0 Å². The Morgan fingerprint density at radius 1 is 1.23 bits per heavy atom. The van der Waals surface area contributed by atoms with E-state index in [4.69, 9.17) is 4.99 Å². The van der Waals surface area contributed by atoms with E-state index in [1.165, 1.54) is 25.0 Å². The number of rotatable bonds is 8. The van der Waals surface area contributed by atoms with Crippen LogP contribution in [0.1, 0.15) is 44.6 Å². The molecule has 1 amide bonds. The summed E-state index contributed by atoms with van der Waals surface area (Å²) in [5.41, 5.74) is 1.09. The molecule has 1 saturated carbocycles. The molecule has 1 heterocycles. The Bertz CT molecular complexity index is 708. The first-order valence-corrected chi connectivity index (χ1v) is 11.3. The SMILES string of the molecule is CCNC(=NCCN(C)Cc1ccc(F)cc1)NC1CCN(C(=O)C2CCCC2)C1.I. The Hall–Kier alpha value is -1.42. The molecule has 0 radical (unpaired) electrons. The van der Waals surface area contributed by atoms with Crippen molar-refractivity contribution < 1.29 is 9.18 Å². The number of halogens is 2. The minimum Gasteiger partial charge on any atom is -0.357 e. The summed E-state index contributed by atoms with van der Waals surface area (Å²) in [6, 6.07) is 6.89. The molecule has 8 heteroatoms. The van der Waals surface area contributed by atoms with Crippen molar-refractivity contribution in [3.63, 3.8) is 0 Å². The lowest BCUT2D eigenvalue weighted by molar-refractivity contribution is -0.134. The van der Waals surface area contributed by atoms with Gasteiger partial charge in [-0.1, -0.05) is 25.0 Å². The molecule has 2 fully saturated rings. The lowest BCUT2D eigenvalue weighted by Crippen LogP contribution is -2.45. The van der Waals surface area contributed by atoms with E-state index in [1.807, 2.05) is 24.1 Å². The van der Waals surface area contributed by atoms with E-state index < -0.39 is 0 Å². The second kappa shape index (κ2) is 13.2. The molecule has 1 saturated heterocycles. The molecule has 31 heavy (non-hydrogen) atoms. The smallest absolute Gasteiger partial charge is 0.225 e. The summed E-state index contributed by atoms with van der Waals surface area (Å²) in [5, 5.41) is 6.82. The van der Waals surface area contributed by atoms with Gasteiger partial charge in [0.1, 0.15) is 5.82 Å². The maximum Gasteiger partial charge on any atom is 0.225 e. The van der Waals surface area contributed by atoms with Gasteiger partial charge in [0.15, 0.2) is 5.96 Å². The van der Waals surface area contributed by atoms with Gasteiger partial charge >= 0.3 is 0 Å². The molecule has 1 aliphatic carbocycles. The van der Waals surface area contributed by atoms with E-state index in [0.29, 0.717) is 12.5 Å². The van der Waals surface area contributed by atoms with Gasteiger partial charge in [0.05, 0.1) is 6.54 Å². The molecule has 6 nitrogen and oxygen atoms in total. The summed E-state index contributed by atoms with van der Waals surface area (Å²) >= 11 is 0. The van der Waals surface area contributed by atoms with Gasteiger partial charge in [-0.05, 0) is 50.9 Å². The predicted molar refractivity (Wildman–Crippen MR) is 134 cm³/mol. The molecule has 3 rings (SSSR count). The summed E-state index contributed by atoms with van der Waals surface area (Å²) < 4.78 is 13.0. The standard InChI is InChI=1S/C23H36FN5O.HI/c1-3-25-23(26-13-15-28(2)16-18-8-10-20(24)11-9-18)27-21-12-14-29(17-21)22(30)19-6-4-5-7-19;/h8-11,19,21H,3-7,12-17H2,1-2H3,(H2,25,26,27);1H. The van der Waals surface area contributed by atoms with E-state index in [1.54, 1.807) is 0 Å². The zero-order valence-electron chi connectivity index (χ0n) is 18.8. The van der Waals surface area contributed by atoms with Crippen LogP contribution in [-0.4, -0.2) is 67.5 Å². The summed E-state index contributed by atoms with van der Waals surface area (Å²) in [4.78, 5) is 21.6. The van der Waals surface area contributed by atoms with Crippen LogP contribution in [0.25, 0.3) is 0 Å². The van der Waals surface area contributed by atoms with Gasteiger partial charge in [-0.3, -0.25) is 9.79 Å². The van der Waals surface area contributed by atoms with Gasteiger partial charge in [0.25, 0.3) is 0 Å². The number of aliphatic imine (C=N–C) groups is 1. The quantitative estimate of drug-likeness (QED) is 0.299. The molecule has 174 valence electrons. The number of likely N-dealkylation sites (N-methyl/N-ethyl adjacent to an activating group) is 1. The topological polar surface area (TPSA) is 60.0 Å². The average molecular weight is 545 g/mol. The number of guanidine groups is 1. The fraction of sp³-hybridized carbons (Fsp3) is 0.652. The van der Waals surface area contributed by atoms with E-state index >= 15 is 0 Å². The van der Waals surface area contributed by atoms with E-state index in [9.17, 15) is 9.18 Å². The number of hydrogen-bond acceptors (Lipinski definition) is 3. The summed E-state index contributed by atoms with van der Waals surface area (Å²) in [5.74, 6) is 1.21. The largest absolute Gasteiger partial charge is 0.357 e. The highest BCUT2D eigenvalue weighted by Gasteiger charge is 2.32. The van der Waals surface area contributed by atoms with Crippen LogP contribution in [0.4, 0.5) is 4.39 Å². The highest BCUT2D eigenvalue weighted by Crippen LogP contribution is 2.27. The first-order valence-electron chi connectivity index (χ1n) is 11.3. The zero-order chi connectivity index (χ0) is 21.3. The Labute approximate surface area is 203 Å². The van der Waals surface area contributed by atoms with Crippen LogP contribution in [-0.2, 0) is 11.3 Å². The fourth-order valence-corrected chi connectivity index (χ4v) is 4.34. The number of hydrogen-bond donors (Lipinski definition) is 2. The minimum absolute atomic E-state index is 0. The molecule has 1 unspecified atom stereocenters. The molecule has 1 aliphatic heterocycles. The van der Waals surface area contributed by atoms with Crippen molar-refractivity contribution in [3.8, 4) is 0 Å². The molecule has 0 bridgehead atoms. The minimum atomic E-state index is -0.206. The Balaban J connectivity index is 0.00000341. The molecule has 0 aromatic heterocycles. The van der Waals surface area contributed by atoms with Crippen LogP contribution in [0.15, 0.2) is 29.3 Å². The van der Waals surface area contributed by atoms with Crippen molar-refractivity contribution in [2.24, 2.45) is 10.9 Å². The van der Waals surface area contributed by atoms with Gasteiger partial charge in [0.2, 0.25) is 5.91 Å². The van der Waals surface area contributed by atoms with E-state index in [2.05, 4.69) is 22.5 Å². The maximum atomic E-state index is 13.0. The fourth-order valence-electron chi connectivity index (χ4n) is 4.34. The Kier molecular flexibility index (Phi) is 11.0. The highest BCUT2D eigenvalue weighted by molar-refractivity contribution is 14.0. The van der Waals surface area contributed by atoms with Crippen LogP contribution in [0, 0.1) is 11.7 Å². The molecule has 0 spiro atoms. The molecule has 2 N–H and O–H groups in total. The number of likely N-dealkylation sites (tertiary alicyclic amines) is 1. The van der Waals surface area contributed by atoms with Crippen molar-refractivity contribution in [3.05, 3.63) is 35.6 Å². The molecule has 1 aromatic rings. The monoisotopic (exact) mass is 545 g/mol. The van der Waals surface area contributed by atoms with E-state index in [-0.39, 0.29) is 41.8 Å². The van der Waals surface area contributed by atoms with Crippen LogP contribution in [0.3, 0.4) is 0 Å². The number of nitrogens with one attached hydrogen (secondary N) is 2. The third-order valence-corrected chi connectivity index (χ3v) is 6.01. The average Bonchev–Trinajstić information content (AvgIpc) is 3.42. The number of nitrogens with zero attached hydrogens (tertiary/aromatic N) is 3. The third-order valence-electron chi connectivity index (χ3n) is 6.01. The van der Waals surface area contributed by atoms with Crippen LogP contribution in [0.2, 0.25) is 0 Å². The summed E-state index contributed by atoms with van der Waals surface area (Å²) in [7, 11) is 2.04. The molecule has 1 aromatic carbocycles. The Morgan fingerprint density at radius 3 is 2.61 bits per heavy atom. The number of carbonyl (C=O) groups is 1. The van der Waals surface area contributed by atoms with Gasteiger partial charge in [-0.15, -0.1) is 24.0 Å². The van der Waals surface area contributed by atoms with Crippen molar-refractivity contribution in [1.82, 2.24) is 20.4 Å². The lowest BCUT2D eigenvalue weighted by Gasteiger charge is -2.21. The van der Waals surface area contributed by atoms with Crippen molar-refractivity contribution >= 4 is 35.8 Å². The summed E-state index contributed by atoms with van der Waals surface area (Å²) in [6.45, 7) is 6.71. The Morgan fingerprint density at radius 2 is 1.94 bits per heavy atom. The molecule has 1 atom stereocenters. The number of amides is 1. The first kappa shape index (κ1) is 25.8. The summed E-state index contributed by atoms with van der Waals surface area (Å²) in [6.07, 6.45) is 5.47. The van der Waals surface area contributed by atoms with Gasteiger partial charge in [0, 0.05) is 44.7 Å². The molecule has 2 aliphatic rings. The van der Waals surface area contributed by atoms with Crippen molar-refractivity contribution in [2.75, 3.05) is 39.8 Å². The normalized spacial score (nSPS) is 19.5. The predicted octanol–water partition coefficient (Wildman–Crippen LogP) is 3.22. The zero-order valence-corrected chi connectivity index (χ0v) is 21.1. The maximum absolute atomic E-state index is 13.0. The van der Waals surface area contributed by atoms with Crippen LogP contribution < -0.4 is 10.6 Å². The van der Waals surface area contributed by atoms with Crippen molar-refractivity contribution in [1.29, 1.82) is 0 Å². The highest BCUT2D eigenvalue weighted by atomic mass is 127. The van der Waals surface area contributed by atoms with E-state index in [0.717, 1.165) is 63.5 Å². The van der Waals surface area contributed by atoms with Gasteiger partial charge < -0.3 is 20.4 Å². The van der Waals surface area contributed by atoms with Gasteiger partial charge in [-0.2, -0.15) is 0 Å². The molecular formula is C23H37FIN5O. The number of benzene rings is 1. The molecular weight excluding hydrogens is 508 g/mol. The first-order chi connectivity index (χ1) is 14.5. The van der Waals surface area contributed by atoms with Crippen LogP contribution in [0.5, 0.6) is 0 Å². The third kappa shape index (κ3) is 8.21. The second-order valence-electron chi connectivity index (χ2n) is 8.52. The number of carbonyl (C=O) groups excluding carboxylic acids is 1. The lowest BCUT2D eigenvalue weighted by atomic mass is 10.1. The van der Waals surface area contributed by atoms with Crippen molar-refractivity contribution in [2.45, 2.75) is 51.6 Å².